The number of nitrogens with zero attached hydrogens (tertiary/aromatic N) is 3. The van der Waals surface area contributed by atoms with E-state index in [9.17, 15) is 14.4 Å². The highest BCUT2D eigenvalue weighted by Crippen LogP contribution is 2.26. The number of hydrogen-bond acceptors (Lipinski definition) is 6. The van der Waals surface area contributed by atoms with Crippen LogP contribution in [0.15, 0.2) is 0 Å². The van der Waals surface area contributed by atoms with Gasteiger partial charge in [-0.2, -0.15) is 4.98 Å². The molecule has 2 N–H and O–H groups in total. The third-order valence-corrected chi connectivity index (χ3v) is 3.32. The summed E-state index contributed by atoms with van der Waals surface area (Å²) in [6.45, 7) is 1.74. The van der Waals surface area contributed by atoms with Crippen LogP contribution in [0.2, 0.25) is 0 Å². The molecule has 1 aromatic rings. The van der Waals surface area contributed by atoms with Gasteiger partial charge in [0.05, 0.1) is 0 Å². The topological polar surface area (TPSA) is 116 Å². The van der Waals surface area contributed by atoms with Gasteiger partial charge in [-0.1, -0.05) is 11.8 Å². The van der Waals surface area contributed by atoms with Crippen molar-refractivity contribution in [2.24, 2.45) is 0 Å². The molecule has 1 aliphatic rings. The van der Waals surface area contributed by atoms with Crippen molar-refractivity contribution in [3.8, 4) is 0 Å². The molecular weight excluding hydrogens is 260 g/mol. The van der Waals surface area contributed by atoms with Crippen molar-refractivity contribution >= 4 is 34.7 Å². The second-order valence-electron chi connectivity index (χ2n) is 3.73. The molecule has 1 atom stereocenters. The van der Waals surface area contributed by atoms with Gasteiger partial charge in [0.2, 0.25) is 11.7 Å². The highest BCUT2D eigenvalue weighted by atomic mass is 32.2. The van der Waals surface area contributed by atoms with E-state index in [2.05, 4.69) is 15.2 Å². The van der Waals surface area contributed by atoms with Crippen LogP contribution in [0, 0.1) is 0 Å². The minimum absolute atomic E-state index is 0.0315. The molecule has 18 heavy (non-hydrogen) atoms. The van der Waals surface area contributed by atoms with Crippen LogP contribution >= 0.6 is 11.8 Å². The molecule has 0 aromatic carbocycles. The highest BCUT2D eigenvalue weighted by molar-refractivity contribution is 8.14. The summed E-state index contributed by atoms with van der Waals surface area (Å²) in [5.41, 5.74) is 0. The van der Waals surface area contributed by atoms with Crippen LogP contribution in [0.25, 0.3) is 0 Å². The fourth-order valence-electron chi connectivity index (χ4n) is 1.65. The van der Waals surface area contributed by atoms with Crippen molar-refractivity contribution < 1.29 is 19.5 Å². The number of aromatic nitrogens is 3. The number of H-pyrrole nitrogens is 1. The van der Waals surface area contributed by atoms with Gasteiger partial charge in [-0.15, -0.1) is 5.10 Å². The maximum atomic E-state index is 11.7. The molecule has 8 nitrogen and oxygen atoms in total. The fraction of sp³-hybridized carbons (Fsp3) is 0.444. The molecular formula is C9H10N4O4S. The van der Waals surface area contributed by atoms with Crippen LogP contribution in [-0.2, 0) is 9.59 Å². The molecule has 1 unspecified atom stereocenters. The predicted octanol–water partition coefficient (Wildman–Crippen LogP) is -0.112. The number of carboxylic acids is 1. The van der Waals surface area contributed by atoms with Crippen molar-refractivity contribution in [1.82, 2.24) is 15.2 Å². The van der Waals surface area contributed by atoms with Crippen molar-refractivity contribution in [2.75, 3.05) is 11.4 Å². The van der Waals surface area contributed by atoms with Crippen molar-refractivity contribution in [1.29, 1.82) is 0 Å². The van der Waals surface area contributed by atoms with E-state index < -0.39 is 5.97 Å². The summed E-state index contributed by atoms with van der Waals surface area (Å²) in [5, 5.41) is 14.4. The van der Waals surface area contributed by atoms with Gasteiger partial charge in [0.1, 0.15) is 0 Å². The highest BCUT2D eigenvalue weighted by Gasteiger charge is 2.34. The maximum absolute atomic E-state index is 11.7. The Morgan fingerprint density at radius 1 is 1.56 bits per heavy atom. The SMILES string of the molecule is CC(=O)SC1CC(=O)N(c2n[nH]c(C(=O)O)n2)C1. The lowest BCUT2D eigenvalue weighted by Gasteiger charge is -2.10. The number of carbonyl (C=O) groups is 3. The summed E-state index contributed by atoms with van der Waals surface area (Å²) in [6.07, 6.45) is 0.223. The third-order valence-electron chi connectivity index (χ3n) is 2.34. The molecule has 0 aliphatic carbocycles. The second kappa shape index (κ2) is 4.77. The lowest BCUT2D eigenvalue weighted by Crippen LogP contribution is -2.26. The fourth-order valence-corrected chi connectivity index (χ4v) is 2.57. The number of anilines is 1. The summed E-state index contributed by atoms with van der Waals surface area (Å²) in [7, 11) is 0. The van der Waals surface area contributed by atoms with Crippen LogP contribution in [-0.4, -0.2) is 49.1 Å². The molecule has 1 aliphatic heterocycles. The Morgan fingerprint density at radius 3 is 2.83 bits per heavy atom. The van der Waals surface area contributed by atoms with Crippen molar-refractivity contribution in [3.63, 3.8) is 0 Å². The van der Waals surface area contributed by atoms with E-state index in [0.717, 1.165) is 11.8 Å². The smallest absolute Gasteiger partial charge is 0.373 e. The molecule has 0 saturated carbocycles. The largest absolute Gasteiger partial charge is 0.475 e. The van der Waals surface area contributed by atoms with Gasteiger partial charge >= 0.3 is 5.97 Å². The number of aromatic amines is 1. The number of hydrogen-bond donors (Lipinski definition) is 2. The molecule has 2 heterocycles. The first-order valence-electron chi connectivity index (χ1n) is 5.10. The second-order valence-corrected chi connectivity index (χ2v) is 5.21. The number of amides is 1. The summed E-state index contributed by atoms with van der Waals surface area (Å²) in [4.78, 5) is 38.3. The summed E-state index contributed by atoms with van der Waals surface area (Å²) >= 11 is 1.09. The summed E-state index contributed by atoms with van der Waals surface area (Å²) in [6, 6.07) is 0. The minimum atomic E-state index is -1.24. The first-order chi connectivity index (χ1) is 8.47. The Hall–Kier alpha value is -1.90. The van der Waals surface area contributed by atoms with Crippen LogP contribution in [0.5, 0.6) is 0 Å². The zero-order valence-electron chi connectivity index (χ0n) is 9.41. The summed E-state index contributed by atoms with van der Waals surface area (Å²) in [5.74, 6) is -1.75. The molecule has 9 heteroatoms. The van der Waals surface area contributed by atoms with E-state index in [0.29, 0.717) is 6.54 Å². The number of carbonyl (C=O) groups excluding carboxylic acids is 2. The summed E-state index contributed by atoms with van der Waals surface area (Å²) < 4.78 is 0. The molecule has 1 aromatic heterocycles. The zero-order valence-corrected chi connectivity index (χ0v) is 10.2. The number of thioether (sulfide) groups is 1. The van der Waals surface area contributed by atoms with Gasteiger partial charge in [0.15, 0.2) is 5.12 Å². The van der Waals surface area contributed by atoms with Crippen LogP contribution in [0.4, 0.5) is 5.95 Å². The molecule has 0 spiro atoms. The first kappa shape index (κ1) is 12.6. The Morgan fingerprint density at radius 2 is 2.28 bits per heavy atom. The van der Waals surface area contributed by atoms with Gasteiger partial charge in [0, 0.05) is 25.1 Å². The molecule has 0 radical (unpaired) electrons. The number of carboxylic acid groups (broad SMARTS) is 1. The third kappa shape index (κ3) is 2.50. The number of aromatic carboxylic acids is 1. The van der Waals surface area contributed by atoms with Crippen molar-refractivity contribution in [3.05, 3.63) is 5.82 Å². The Balaban J connectivity index is 2.11. The quantitative estimate of drug-likeness (QED) is 0.786. The normalized spacial score (nSPS) is 19.3. The molecule has 1 fully saturated rings. The van der Waals surface area contributed by atoms with E-state index >= 15 is 0 Å². The lowest BCUT2D eigenvalue weighted by atomic mass is 10.4. The van der Waals surface area contributed by atoms with E-state index in [1.54, 1.807) is 0 Å². The van der Waals surface area contributed by atoms with E-state index in [1.807, 2.05) is 0 Å². The molecule has 96 valence electrons. The molecule has 1 amide bonds. The average Bonchev–Trinajstić information content (AvgIpc) is 2.83. The number of rotatable bonds is 3. The van der Waals surface area contributed by atoms with Crippen LogP contribution in [0.1, 0.15) is 24.0 Å². The average molecular weight is 270 g/mol. The number of nitrogens with one attached hydrogen (secondary N) is 1. The monoisotopic (exact) mass is 270 g/mol. The van der Waals surface area contributed by atoms with E-state index in [4.69, 9.17) is 5.11 Å². The Bertz CT molecular complexity index is 514. The Kier molecular flexibility index (Phi) is 3.32. The molecule has 1 saturated heterocycles. The minimum Gasteiger partial charge on any atom is -0.475 e. The lowest BCUT2D eigenvalue weighted by molar-refractivity contribution is -0.117. The van der Waals surface area contributed by atoms with E-state index in [1.165, 1.54) is 11.8 Å². The standard InChI is InChI=1S/C9H10N4O4S/c1-4(14)18-5-2-6(15)13(3-5)9-10-7(8(16)17)11-12-9/h5H,2-3H2,1H3,(H,16,17)(H,10,11,12). The van der Waals surface area contributed by atoms with Gasteiger partial charge in [-0.25, -0.2) is 4.79 Å². The predicted molar refractivity (Wildman–Crippen MR) is 62.4 cm³/mol. The van der Waals surface area contributed by atoms with Crippen LogP contribution in [0.3, 0.4) is 0 Å². The van der Waals surface area contributed by atoms with Crippen molar-refractivity contribution in [2.45, 2.75) is 18.6 Å². The van der Waals surface area contributed by atoms with Gasteiger partial charge in [0.25, 0.3) is 5.95 Å². The maximum Gasteiger partial charge on any atom is 0.373 e. The van der Waals surface area contributed by atoms with E-state index in [-0.39, 0.29) is 34.5 Å². The van der Waals surface area contributed by atoms with Crippen LogP contribution < -0.4 is 4.90 Å². The van der Waals surface area contributed by atoms with Gasteiger partial charge in [-0.3, -0.25) is 19.6 Å². The van der Waals surface area contributed by atoms with Gasteiger partial charge in [-0.05, 0) is 0 Å². The molecule has 0 bridgehead atoms. The Labute approximate surface area is 106 Å². The zero-order chi connectivity index (χ0) is 13.3. The first-order valence-corrected chi connectivity index (χ1v) is 5.98. The van der Waals surface area contributed by atoms with Gasteiger partial charge < -0.3 is 5.11 Å². The molecule has 2 rings (SSSR count).